The third kappa shape index (κ3) is 5.06. The number of nitrogens with zero attached hydrogens (tertiary/aromatic N) is 1. The maximum Gasteiger partial charge on any atom is 0.245 e. The summed E-state index contributed by atoms with van der Waals surface area (Å²) in [5.41, 5.74) is 1.32. The van der Waals surface area contributed by atoms with E-state index in [9.17, 15) is 18.0 Å². The minimum atomic E-state index is -3.68. The average molecular weight is 376 g/mol. The molecule has 8 heteroatoms. The Hall–Kier alpha value is -2.87. The van der Waals surface area contributed by atoms with Gasteiger partial charge in [-0.1, -0.05) is 6.07 Å². The molecule has 0 saturated heterocycles. The van der Waals surface area contributed by atoms with Gasteiger partial charge in [0.1, 0.15) is 12.3 Å². The van der Waals surface area contributed by atoms with E-state index in [1.165, 1.54) is 20.1 Å². The fraction of sp³-hybridized carbons (Fsp3) is 0.222. The maximum absolute atomic E-state index is 12.3. The van der Waals surface area contributed by atoms with Crippen molar-refractivity contribution >= 4 is 33.1 Å². The van der Waals surface area contributed by atoms with E-state index in [4.69, 9.17) is 4.74 Å². The van der Waals surface area contributed by atoms with Crippen LogP contribution in [0.2, 0.25) is 0 Å². The van der Waals surface area contributed by atoms with Gasteiger partial charge in [0, 0.05) is 17.3 Å². The SMILES string of the molecule is COc1cccc(N(CC(=O)Nc2ccc(C(C)=O)cc2)S(C)(=O)=O)c1. The predicted molar refractivity (Wildman–Crippen MR) is 100 cm³/mol. The Morgan fingerprint density at radius 3 is 2.31 bits per heavy atom. The highest BCUT2D eigenvalue weighted by Crippen LogP contribution is 2.23. The van der Waals surface area contributed by atoms with Crippen LogP contribution in [-0.2, 0) is 14.8 Å². The number of ketones is 1. The number of hydrogen-bond donors (Lipinski definition) is 1. The van der Waals surface area contributed by atoms with E-state index in [0.29, 0.717) is 22.7 Å². The van der Waals surface area contributed by atoms with Crippen LogP contribution in [0.1, 0.15) is 17.3 Å². The molecular formula is C18H20N2O5S. The van der Waals surface area contributed by atoms with Gasteiger partial charge < -0.3 is 10.1 Å². The third-order valence-corrected chi connectivity index (χ3v) is 4.74. The molecule has 0 aliphatic heterocycles. The number of anilines is 2. The van der Waals surface area contributed by atoms with E-state index in [1.54, 1.807) is 42.5 Å². The van der Waals surface area contributed by atoms with Crippen LogP contribution in [-0.4, -0.2) is 40.0 Å². The van der Waals surface area contributed by atoms with Crippen LogP contribution in [0.5, 0.6) is 5.75 Å². The molecule has 0 atom stereocenters. The highest BCUT2D eigenvalue weighted by Gasteiger charge is 2.21. The van der Waals surface area contributed by atoms with E-state index in [-0.39, 0.29) is 12.3 Å². The van der Waals surface area contributed by atoms with Crippen molar-refractivity contribution in [2.45, 2.75) is 6.92 Å². The van der Waals surface area contributed by atoms with Gasteiger partial charge in [0.2, 0.25) is 15.9 Å². The summed E-state index contributed by atoms with van der Waals surface area (Å²) in [5, 5.41) is 2.62. The van der Waals surface area contributed by atoms with Crippen LogP contribution < -0.4 is 14.4 Å². The summed E-state index contributed by atoms with van der Waals surface area (Å²) in [4.78, 5) is 23.6. The predicted octanol–water partition coefficient (Wildman–Crippen LogP) is 2.30. The lowest BCUT2D eigenvalue weighted by Gasteiger charge is -2.22. The van der Waals surface area contributed by atoms with Crippen LogP contribution in [0.15, 0.2) is 48.5 Å². The molecule has 0 radical (unpaired) electrons. The van der Waals surface area contributed by atoms with Gasteiger partial charge in [0.05, 0.1) is 19.1 Å². The highest BCUT2D eigenvalue weighted by molar-refractivity contribution is 7.92. The van der Waals surface area contributed by atoms with Crippen LogP contribution in [0, 0.1) is 0 Å². The maximum atomic E-state index is 12.3. The Labute approximate surface area is 152 Å². The van der Waals surface area contributed by atoms with Gasteiger partial charge in [0.15, 0.2) is 5.78 Å². The number of hydrogen-bond acceptors (Lipinski definition) is 5. The van der Waals surface area contributed by atoms with E-state index in [1.807, 2.05) is 0 Å². The Bertz CT molecular complexity index is 907. The lowest BCUT2D eigenvalue weighted by atomic mass is 10.1. The van der Waals surface area contributed by atoms with Crippen molar-refractivity contribution in [3.8, 4) is 5.75 Å². The average Bonchev–Trinajstić information content (AvgIpc) is 2.59. The molecule has 26 heavy (non-hydrogen) atoms. The lowest BCUT2D eigenvalue weighted by Crippen LogP contribution is -2.37. The van der Waals surface area contributed by atoms with Crippen molar-refractivity contribution in [2.75, 3.05) is 29.5 Å². The van der Waals surface area contributed by atoms with Gasteiger partial charge in [-0.25, -0.2) is 8.42 Å². The number of carbonyl (C=O) groups is 2. The molecule has 0 unspecified atom stereocenters. The summed E-state index contributed by atoms with van der Waals surface area (Å²) in [7, 11) is -2.20. The molecule has 0 aliphatic rings. The smallest absolute Gasteiger partial charge is 0.245 e. The first-order valence-corrected chi connectivity index (χ1v) is 9.58. The fourth-order valence-electron chi connectivity index (χ4n) is 2.28. The molecule has 0 fully saturated rings. The summed E-state index contributed by atoms with van der Waals surface area (Å²) < 4.78 is 30.3. The first-order chi connectivity index (χ1) is 12.2. The molecule has 0 aliphatic carbocycles. The Morgan fingerprint density at radius 1 is 1.12 bits per heavy atom. The molecule has 0 bridgehead atoms. The van der Waals surface area contributed by atoms with E-state index < -0.39 is 15.9 Å². The van der Waals surface area contributed by atoms with E-state index in [2.05, 4.69) is 5.32 Å². The number of methoxy groups -OCH3 is 1. The summed E-state index contributed by atoms with van der Waals surface area (Å²) in [6.45, 7) is 1.06. The van der Waals surface area contributed by atoms with Crippen molar-refractivity contribution in [3.05, 3.63) is 54.1 Å². The monoisotopic (exact) mass is 376 g/mol. The summed E-state index contributed by atoms with van der Waals surface area (Å²) >= 11 is 0. The molecule has 0 spiro atoms. The van der Waals surface area contributed by atoms with Crippen molar-refractivity contribution in [1.82, 2.24) is 0 Å². The van der Waals surface area contributed by atoms with Gasteiger partial charge in [0.25, 0.3) is 0 Å². The molecular weight excluding hydrogens is 356 g/mol. The zero-order valence-electron chi connectivity index (χ0n) is 14.7. The van der Waals surface area contributed by atoms with E-state index in [0.717, 1.165) is 10.6 Å². The quantitative estimate of drug-likeness (QED) is 0.749. The highest BCUT2D eigenvalue weighted by atomic mass is 32.2. The summed E-state index contributed by atoms with van der Waals surface area (Å²) in [6.07, 6.45) is 1.03. The Morgan fingerprint density at radius 2 is 1.77 bits per heavy atom. The number of carbonyl (C=O) groups excluding carboxylic acids is 2. The van der Waals surface area contributed by atoms with Gasteiger partial charge in [-0.15, -0.1) is 0 Å². The molecule has 2 aromatic carbocycles. The number of ether oxygens (including phenoxy) is 1. The number of sulfonamides is 1. The van der Waals surface area contributed by atoms with Crippen LogP contribution in [0.3, 0.4) is 0 Å². The number of amides is 1. The van der Waals surface area contributed by atoms with Crippen molar-refractivity contribution in [2.24, 2.45) is 0 Å². The second-order valence-corrected chi connectivity index (χ2v) is 7.56. The molecule has 7 nitrogen and oxygen atoms in total. The van der Waals surface area contributed by atoms with Gasteiger partial charge in [-0.05, 0) is 43.3 Å². The molecule has 2 aromatic rings. The summed E-state index contributed by atoms with van der Waals surface area (Å²) in [5.74, 6) is -0.102. The minimum absolute atomic E-state index is 0.0795. The Balaban J connectivity index is 2.17. The molecule has 2 rings (SSSR count). The Kier molecular flexibility index (Phi) is 5.99. The van der Waals surface area contributed by atoms with Gasteiger partial charge in [-0.2, -0.15) is 0 Å². The van der Waals surface area contributed by atoms with E-state index >= 15 is 0 Å². The topological polar surface area (TPSA) is 92.8 Å². The van der Waals surface area contributed by atoms with Crippen LogP contribution in [0.4, 0.5) is 11.4 Å². The van der Waals surface area contributed by atoms with Crippen molar-refractivity contribution in [3.63, 3.8) is 0 Å². The molecule has 0 saturated carbocycles. The number of nitrogens with one attached hydrogen (secondary N) is 1. The number of Topliss-reactive ketones (excluding diaryl/α,β-unsaturated/α-hetero) is 1. The molecule has 0 aromatic heterocycles. The second-order valence-electron chi connectivity index (χ2n) is 5.65. The second kappa shape index (κ2) is 8.01. The van der Waals surface area contributed by atoms with Gasteiger partial charge >= 0.3 is 0 Å². The minimum Gasteiger partial charge on any atom is -0.497 e. The zero-order chi connectivity index (χ0) is 19.3. The number of rotatable bonds is 7. The molecule has 138 valence electrons. The van der Waals surface area contributed by atoms with Crippen LogP contribution in [0.25, 0.3) is 0 Å². The van der Waals surface area contributed by atoms with Crippen LogP contribution >= 0.6 is 0 Å². The molecule has 0 heterocycles. The zero-order valence-corrected chi connectivity index (χ0v) is 15.5. The summed E-state index contributed by atoms with van der Waals surface area (Å²) in [6, 6.07) is 12.8. The van der Waals surface area contributed by atoms with Crippen molar-refractivity contribution in [1.29, 1.82) is 0 Å². The first-order valence-electron chi connectivity index (χ1n) is 7.73. The number of benzene rings is 2. The largest absolute Gasteiger partial charge is 0.497 e. The fourth-order valence-corrected chi connectivity index (χ4v) is 3.13. The van der Waals surface area contributed by atoms with Crippen molar-refractivity contribution < 1.29 is 22.7 Å². The first kappa shape index (κ1) is 19.5. The molecule has 1 N–H and O–H groups in total. The molecule has 1 amide bonds. The van der Waals surface area contributed by atoms with Gasteiger partial charge in [-0.3, -0.25) is 13.9 Å². The third-order valence-electron chi connectivity index (χ3n) is 3.60. The standard InChI is InChI=1S/C18H20N2O5S/c1-13(21)14-7-9-15(10-8-14)19-18(22)12-20(26(3,23)24)16-5-4-6-17(11-16)25-2/h4-11H,12H2,1-3H3,(H,19,22). The normalized spacial score (nSPS) is 10.9. The lowest BCUT2D eigenvalue weighted by molar-refractivity contribution is -0.114.